The zero-order chi connectivity index (χ0) is 17.5. The molecule has 0 spiro atoms. The number of aromatic nitrogens is 1. The van der Waals surface area contributed by atoms with Crippen molar-refractivity contribution in [2.75, 3.05) is 13.7 Å². The molecule has 128 valence electrons. The van der Waals surface area contributed by atoms with E-state index in [1.807, 2.05) is 0 Å². The zero-order valence-corrected chi connectivity index (χ0v) is 13.8. The van der Waals surface area contributed by atoms with Crippen LogP contribution in [0.2, 0.25) is 0 Å². The van der Waals surface area contributed by atoms with Gasteiger partial charge in [-0.25, -0.2) is 14.2 Å². The third-order valence-corrected chi connectivity index (χ3v) is 4.15. The highest BCUT2D eigenvalue weighted by molar-refractivity contribution is 7.13. The van der Waals surface area contributed by atoms with Gasteiger partial charge in [-0.2, -0.15) is 0 Å². The van der Waals surface area contributed by atoms with Gasteiger partial charge in [-0.3, -0.25) is 4.79 Å². The number of hydrogen-bond acceptors (Lipinski definition) is 5. The van der Waals surface area contributed by atoms with Gasteiger partial charge in [0.05, 0.1) is 12.1 Å². The minimum absolute atomic E-state index is 0.0391. The molecule has 0 saturated heterocycles. The molecule has 0 radical (unpaired) electrons. The second-order valence-corrected chi connectivity index (χ2v) is 5.93. The average molecular weight is 352 g/mol. The number of ether oxygens (including phenoxy) is 1. The van der Waals surface area contributed by atoms with Gasteiger partial charge in [-0.05, 0) is 12.1 Å². The van der Waals surface area contributed by atoms with Crippen LogP contribution < -0.4 is 5.32 Å². The first-order valence-electron chi connectivity index (χ1n) is 7.21. The summed E-state index contributed by atoms with van der Waals surface area (Å²) in [5, 5.41) is 13.8. The molecule has 0 aliphatic rings. The fourth-order valence-corrected chi connectivity index (χ4v) is 2.86. The van der Waals surface area contributed by atoms with Crippen LogP contribution in [0.3, 0.4) is 0 Å². The largest absolute Gasteiger partial charge is 0.480 e. The number of carbonyl (C=O) groups excluding carboxylic acids is 1. The fraction of sp³-hybridized carbons (Fsp3) is 0.312. The maximum atomic E-state index is 13.2. The SMILES string of the molecule is COCCC(NC(=O)Cc1csc(-c2cccc(F)c2)n1)C(=O)O. The van der Waals surface area contributed by atoms with Crippen molar-refractivity contribution in [3.8, 4) is 10.6 Å². The molecule has 6 nitrogen and oxygen atoms in total. The highest BCUT2D eigenvalue weighted by Gasteiger charge is 2.20. The van der Waals surface area contributed by atoms with Crippen LogP contribution in [-0.4, -0.2) is 41.7 Å². The number of carbonyl (C=O) groups is 2. The van der Waals surface area contributed by atoms with Crippen LogP contribution in [0.25, 0.3) is 10.6 Å². The molecule has 1 amide bonds. The van der Waals surface area contributed by atoms with Crippen LogP contribution in [0.4, 0.5) is 4.39 Å². The molecule has 1 heterocycles. The first-order valence-corrected chi connectivity index (χ1v) is 8.09. The van der Waals surface area contributed by atoms with Crippen molar-refractivity contribution in [2.24, 2.45) is 0 Å². The van der Waals surface area contributed by atoms with E-state index in [1.54, 1.807) is 17.5 Å². The molecule has 1 aromatic carbocycles. The molecule has 0 bridgehead atoms. The van der Waals surface area contributed by atoms with Gasteiger partial charge in [0.15, 0.2) is 0 Å². The summed E-state index contributed by atoms with van der Waals surface area (Å²) in [6.07, 6.45) is 0.145. The molecule has 1 aromatic heterocycles. The van der Waals surface area contributed by atoms with Crippen molar-refractivity contribution in [3.05, 3.63) is 41.2 Å². The Morgan fingerprint density at radius 2 is 2.25 bits per heavy atom. The van der Waals surface area contributed by atoms with Crippen molar-refractivity contribution in [2.45, 2.75) is 18.9 Å². The first kappa shape index (κ1) is 18.0. The summed E-state index contributed by atoms with van der Waals surface area (Å²) in [6, 6.07) is 5.03. The molecule has 0 aliphatic heterocycles. The summed E-state index contributed by atoms with van der Waals surface area (Å²) < 4.78 is 18.1. The zero-order valence-electron chi connectivity index (χ0n) is 13.0. The second-order valence-electron chi connectivity index (χ2n) is 5.07. The fourth-order valence-electron chi connectivity index (χ4n) is 2.05. The monoisotopic (exact) mass is 352 g/mol. The van der Waals surface area contributed by atoms with E-state index in [9.17, 15) is 14.0 Å². The molecule has 1 atom stereocenters. The Kier molecular flexibility index (Phi) is 6.39. The minimum Gasteiger partial charge on any atom is -0.480 e. The number of nitrogens with one attached hydrogen (secondary N) is 1. The van der Waals surface area contributed by atoms with Crippen LogP contribution >= 0.6 is 11.3 Å². The number of carboxylic acids is 1. The third kappa shape index (κ3) is 5.10. The van der Waals surface area contributed by atoms with Crippen LogP contribution in [0, 0.1) is 5.82 Å². The van der Waals surface area contributed by atoms with E-state index in [-0.39, 0.29) is 25.3 Å². The molecule has 1 unspecified atom stereocenters. The Bertz CT molecular complexity index is 720. The molecule has 2 aromatic rings. The van der Waals surface area contributed by atoms with Gasteiger partial charge in [-0.15, -0.1) is 11.3 Å². The first-order chi connectivity index (χ1) is 11.5. The Morgan fingerprint density at radius 1 is 1.46 bits per heavy atom. The van der Waals surface area contributed by atoms with Gasteiger partial charge in [0.2, 0.25) is 5.91 Å². The Hall–Kier alpha value is -2.32. The van der Waals surface area contributed by atoms with Crippen molar-refractivity contribution in [1.29, 1.82) is 0 Å². The molecule has 0 saturated carbocycles. The van der Waals surface area contributed by atoms with Crippen molar-refractivity contribution in [1.82, 2.24) is 10.3 Å². The lowest BCUT2D eigenvalue weighted by Crippen LogP contribution is -2.42. The van der Waals surface area contributed by atoms with Crippen LogP contribution in [0.1, 0.15) is 12.1 Å². The summed E-state index contributed by atoms with van der Waals surface area (Å²) in [4.78, 5) is 27.4. The van der Waals surface area contributed by atoms with Crippen molar-refractivity contribution in [3.63, 3.8) is 0 Å². The number of thiazole rings is 1. The summed E-state index contributed by atoms with van der Waals surface area (Å²) in [6.45, 7) is 0.234. The highest BCUT2D eigenvalue weighted by atomic mass is 32.1. The number of halogens is 1. The standard InChI is InChI=1S/C16H17FN2O4S/c1-23-6-5-13(16(21)22)19-14(20)8-12-9-24-15(18-12)10-3-2-4-11(17)7-10/h2-4,7,9,13H,5-6,8H2,1H3,(H,19,20)(H,21,22). The van der Waals surface area contributed by atoms with Gasteiger partial charge in [0.25, 0.3) is 0 Å². The van der Waals surface area contributed by atoms with E-state index in [0.717, 1.165) is 0 Å². The van der Waals surface area contributed by atoms with E-state index >= 15 is 0 Å². The lowest BCUT2D eigenvalue weighted by atomic mass is 10.2. The average Bonchev–Trinajstić information content (AvgIpc) is 2.99. The predicted octanol–water partition coefficient (Wildman–Crippen LogP) is 2.10. The van der Waals surface area contributed by atoms with E-state index < -0.39 is 17.9 Å². The molecule has 2 N–H and O–H groups in total. The lowest BCUT2D eigenvalue weighted by molar-refractivity contribution is -0.142. The maximum Gasteiger partial charge on any atom is 0.326 e. The molecule has 0 fully saturated rings. The van der Waals surface area contributed by atoms with Gasteiger partial charge in [0.1, 0.15) is 16.9 Å². The lowest BCUT2D eigenvalue weighted by Gasteiger charge is -2.13. The molecular weight excluding hydrogens is 335 g/mol. The van der Waals surface area contributed by atoms with Crippen molar-refractivity contribution >= 4 is 23.2 Å². The quantitative estimate of drug-likeness (QED) is 0.759. The highest BCUT2D eigenvalue weighted by Crippen LogP contribution is 2.24. The number of amides is 1. The van der Waals surface area contributed by atoms with E-state index in [1.165, 1.54) is 30.6 Å². The smallest absolute Gasteiger partial charge is 0.326 e. The Morgan fingerprint density at radius 3 is 2.92 bits per heavy atom. The molecule has 24 heavy (non-hydrogen) atoms. The molecule has 2 rings (SSSR count). The van der Waals surface area contributed by atoms with E-state index in [4.69, 9.17) is 9.84 Å². The third-order valence-electron chi connectivity index (χ3n) is 3.21. The topological polar surface area (TPSA) is 88.5 Å². The molecular formula is C16H17FN2O4S. The number of carboxylic acid groups (broad SMARTS) is 1. The minimum atomic E-state index is -1.11. The summed E-state index contributed by atoms with van der Waals surface area (Å²) >= 11 is 1.30. The molecule has 8 heteroatoms. The number of hydrogen-bond donors (Lipinski definition) is 2. The number of aliphatic carboxylic acids is 1. The second kappa shape index (κ2) is 8.51. The van der Waals surface area contributed by atoms with Crippen molar-refractivity contribution < 1.29 is 23.8 Å². The Labute approximate surface area is 142 Å². The summed E-state index contributed by atoms with van der Waals surface area (Å²) in [7, 11) is 1.46. The van der Waals surface area contributed by atoms with Gasteiger partial charge < -0.3 is 15.2 Å². The summed E-state index contributed by atoms with van der Waals surface area (Å²) in [5.41, 5.74) is 1.14. The predicted molar refractivity (Wildman–Crippen MR) is 87.3 cm³/mol. The van der Waals surface area contributed by atoms with Crippen LogP contribution in [0.15, 0.2) is 29.6 Å². The maximum absolute atomic E-state index is 13.2. The van der Waals surface area contributed by atoms with E-state index in [2.05, 4.69) is 10.3 Å². The van der Waals surface area contributed by atoms with Crippen LogP contribution in [0.5, 0.6) is 0 Å². The number of nitrogens with zero attached hydrogens (tertiary/aromatic N) is 1. The van der Waals surface area contributed by atoms with E-state index in [0.29, 0.717) is 16.3 Å². The van der Waals surface area contributed by atoms with Crippen LogP contribution in [-0.2, 0) is 20.7 Å². The van der Waals surface area contributed by atoms with Gasteiger partial charge in [-0.1, -0.05) is 12.1 Å². The molecule has 0 aliphatic carbocycles. The normalized spacial score (nSPS) is 11.9. The van der Waals surface area contributed by atoms with Gasteiger partial charge in [0, 0.05) is 31.1 Å². The summed E-state index contributed by atoms with van der Waals surface area (Å²) in [5.74, 6) is -1.90. The Balaban J connectivity index is 1.98. The number of benzene rings is 1. The number of methoxy groups -OCH3 is 1. The van der Waals surface area contributed by atoms with Gasteiger partial charge >= 0.3 is 5.97 Å². The number of rotatable bonds is 8.